The van der Waals surface area contributed by atoms with Crippen LogP contribution >= 0.6 is 0 Å². The Balaban J connectivity index is 1.41. The first-order chi connectivity index (χ1) is 14.1. The molecule has 2 saturated heterocycles. The zero-order valence-electron chi connectivity index (χ0n) is 16.4. The van der Waals surface area contributed by atoms with Crippen LogP contribution in [0.15, 0.2) is 48.5 Å². The van der Waals surface area contributed by atoms with Crippen LogP contribution in [0.3, 0.4) is 0 Å². The van der Waals surface area contributed by atoms with Gasteiger partial charge in [-0.15, -0.1) is 0 Å². The predicted octanol–water partition coefficient (Wildman–Crippen LogP) is 3.26. The van der Waals surface area contributed by atoms with Gasteiger partial charge < -0.3 is 9.64 Å². The van der Waals surface area contributed by atoms with Gasteiger partial charge in [-0.1, -0.05) is 30.3 Å². The number of hydrogen-bond donors (Lipinski definition) is 0. The molecule has 0 spiro atoms. The molecule has 2 aromatic carbocycles. The number of ether oxygens (including phenoxy) is 1. The molecule has 2 unspecified atom stereocenters. The van der Waals surface area contributed by atoms with Crippen LogP contribution in [0, 0.1) is 17.6 Å². The lowest BCUT2D eigenvalue weighted by atomic mass is 9.92. The molecule has 0 saturated carbocycles. The minimum atomic E-state index is -0.447. The molecule has 6 heteroatoms. The molecule has 2 fully saturated rings. The highest BCUT2D eigenvalue weighted by Crippen LogP contribution is 2.26. The molecule has 4 rings (SSSR count). The van der Waals surface area contributed by atoms with Crippen LogP contribution in [0.4, 0.5) is 8.78 Å². The average Bonchev–Trinajstić information content (AvgIpc) is 2.89. The third-order valence-corrected chi connectivity index (χ3v) is 5.87. The molecule has 0 aliphatic carbocycles. The van der Waals surface area contributed by atoms with Crippen molar-refractivity contribution in [3.05, 3.63) is 71.3 Å². The van der Waals surface area contributed by atoms with Crippen LogP contribution in [-0.4, -0.2) is 54.6 Å². The van der Waals surface area contributed by atoms with E-state index in [1.54, 1.807) is 0 Å². The fourth-order valence-corrected chi connectivity index (χ4v) is 4.27. The SMILES string of the molecule is O=C1C2CN(Cc3cc(F)ccc3F)CCC2OCCN1CCc1ccccc1. The Bertz CT molecular complexity index is 846. The van der Waals surface area contributed by atoms with E-state index in [9.17, 15) is 13.6 Å². The second-order valence-electron chi connectivity index (χ2n) is 7.84. The standard InChI is InChI=1S/C23H26F2N2O2/c24-19-6-7-21(25)18(14-19)15-26-10-9-22-20(16-26)23(28)27(12-13-29-22)11-8-17-4-2-1-3-5-17/h1-7,14,20,22H,8-13,15-16H2. The van der Waals surface area contributed by atoms with Gasteiger partial charge in [0.2, 0.25) is 5.91 Å². The lowest BCUT2D eigenvalue weighted by Crippen LogP contribution is -2.49. The van der Waals surface area contributed by atoms with Crippen LogP contribution in [-0.2, 0) is 22.5 Å². The van der Waals surface area contributed by atoms with Crippen molar-refractivity contribution in [3.8, 4) is 0 Å². The molecule has 0 radical (unpaired) electrons. The van der Waals surface area contributed by atoms with E-state index in [4.69, 9.17) is 4.74 Å². The van der Waals surface area contributed by atoms with Crippen molar-refractivity contribution in [2.24, 2.45) is 5.92 Å². The molecule has 0 bridgehead atoms. The van der Waals surface area contributed by atoms with E-state index in [0.29, 0.717) is 44.9 Å². The quantitative estimate of drug-likeness (QED) is 0.773. The van der Waals surface area contributed by atoms with Gasteiger partial charge in [0.05, 0.1) is 18.6 Å². The number of carbonyl (C=O) groups is 1. The van der Waals surface area contributed by atoms with E-state index in [1.807, 2.05) is 28.0 Å². The third kappa shape index (κ3) is 4.82. The molecule has 2 aliphatic heterocycles. The lowest BCUT2D eigenvalue weighted by molar-refractivity contribution is -0.139. The van der Waals surface area contributed by atoms with Crippen molar-refractivity contribution < 1.29 is 18.3 Å². The van der Waals surface area contributed by atoms with E-state index in [0.717, 1.165) is 25.0 Å². The monoisotopic (exact) mass is 400 g/mol. The molecule has 0 N–H and O–H groups in total. The van der Waals surface area contributed by atoms with E-state index in [-0.39, 0.29) is 17.9 Å². The average molecular weight is 400 g/mol. The summed E-state index contributed by atoms with van der Waals surface area (Å²) < 4.78 is 33.5. The van der Waals surface area contributed by atoms with Crippen LogP contribution < -0.4 is 0 Å². The van der Waals surface area contributed by atoms with Crippen LogP contribution in [0.25, 0.3) is 0 Å². The Hall–Kier alpha value is -2.31. The fourth-order valence-electron chi connectivity index (χ4n) is 4.27. The summed E-state index contributed by atoms with van der Waals surface area (Å²) >= 11 is 0. The third-order valence-electron chi connectivity index (χ3n) is 5.87. The van der Waals surface area contributed by atoms with E-state index in [1.165, 1.54) is 11.6 Å². The van der Waals surface area contributed by atoms with E-state index in [2.05, 4.69) is 12.1 Å². The Kier molecular flexibility index (Phi) is 6.21. The van der Waals surface area contributed by atoms with Gasteiger partial charge in [0, 0.05) is 38.3 Å². The Morgan fingerprint density at radius 3 is 2.72 bits per heavy atom. The Morgan fingerprint density at radius 1 is 1.07 bits per heavy atom. The van der Waals surface area contributed by atoms with Gasteiger partial charge in [0.15, 0.2) is 0 Å². The number of likely N-dealkylation sites (tertiary alicyclic amines) is 1. The molecule has 0 aromatic heterocycles. The molecular weight excluding hydrogens is 374 g/mol. The maximum atomic E-state index is 14.0. The van der Waals surface area contributed by atoms with Crippen molar-refractivity contribution in [1.82, 2.24) is 9.80 Å². The molecule has 2 aliphatic rings. The highest BCUT2D eigenvalue weighted by atomic mass is 19.1. The molecular formula is C23H26F2N2O2. The topological polar surface area (TPSA) is 32.8 Å². The zero-order chi connectivity index (χ0) is 20.2. The number of hydrogen-bond acceptors (Lipinski definition) is 3. The van der Waals surface area contributed by atoms with Gasteiger partial charge in [0.1, 0.15) is 11.6 Å². The zero-order valence-corrected chi connectivity index (χ0v) is 16.4. The second-order valence-corrected chi connectivity index (χ2v) is 7.84. The number of carbonyl (C=O) groups excluding carboxylic acids is 1. The van der Waals surface area contributed by atoms with Crippen LogP contribution in [0.2, 0.25) is 0 Å². The fraction of sp³-hybridized carbons (Fsp3) is 0.435. The predicted molar refractivity (Wildman–Crippen MR) is 106 cm³/mol. The number of halogens is 2. The summed E-state index contributed by atoms with van der Waals surface area (Å²) in [4.78, 5) is 17.1. The number of fused-ring (bicyclic) bond motifs is 1. The smallest absolute Gasteiger partial charge is 0.229 e. The molecule has 4 nitrogen and oxygen atoms in total. The summed E-state index contributed by atoms with van der Waals surface area (Å²) in [6.07, 6.45) is 1.43. The Morgan fingerprint density at radius 2 is 1.90 bits per heavy atom. The molecule has 2 heterocycles. The van der Waals surface area contributed by atoms with E-state index >= 15 is 0 Å². The lowest BCUT2D eigenvalue weighted by Gasteiger charge is -2.37. The minimum Gasteiger partial charge on any atom is -0.375 e. The number of piperidine rings is 1. The highest BCUT2D eigenvalue weighted by molar-refractivity contribution is 5.80. The first-order valence-electron chi connectivity index (χ1n) is 10.2. The van der Waals surface area contributed by atoms with Crippen LogP contribution in [0.1, 0.15) is 17.5 Å². The largest absolute Gasteiger partial charge is 0.375 e. The van der Waals surface area contributed by atoms with Gasteiger partial charge in [-0.3, -0.25) is 9.69 Å². The summed E-state index contributed by atoms with van der Waals surface area (Å²) in [6.45, 7) is 3.30. The number of nitrogens with zero attached hydrogens (tertiary/aromatic N) is 2. The minimum absolute atomic E-state index is 0.0992. The van der Waals surface area contributed by atoms with Crippen LogP contribution in [0.5, 0.6) is 0 Å². The summed E-state index contributed by atoms with van der Waals surface area (Å²) in [5, 5.41) is 0. The molecule has 1 amide bonds. The molecule has 154 valence electrons. The molecule has 2 atom stereocenters. The number of rotatable bonds is 5. The van der Waals surface area contributed by atoms with Gasteiger partial charge in [0.25, 0.3) is 0 Å². The van der Waals surface area contributed by atoms with Crippen molar-refractivity contribution in [2.45, 2.75) is 25.5 Å². The van der Waals surface area contributed by atoms with Gasteiger partial charge in [-0.05, 0) is 36.6 Å². The number of benzene rings is 2. The summed E-state index contributed by atoms with van der Waals surface area (Å²) in [5.74, 6) is -1.02. The summed E-state index contributed by atoms with van der Waals surface area (Å²) in [6, 6.07) is 13.6. The van der Waals surface area contributed by atoms with E-state index < -0.39 is 11.6 Å². The maximum Gasteiger partial charge on any atom is 0.229 e. The van der Waals surface area contributed by atoms with Crippen molar-refractivity contribution in [2.75, 3.05) is 32.8 Å². The maximum absolute atomic E-state index is 14.0. The molecule has 29 heavy (non-hydrogen) atoms. The van der Waals surface area contributed by atoms with Crippen molar-refractivity contribution in [1.29, 1.82) is 0 Å². The number of amides is 1. The normalized spacial score (nSPS) is 23.0. The van der Waals surface area contributed by atoms with Gasteiger partial charge in [-0.2, -0.15) is 0 Å². The first kappa shape index (κ1) is 20.0. The molecule has 2 aromatic rings. The Labute approximate surface area is 170 Å². The van der Waals surface area contributed by atoms with Crippen molar-refractivity contribution >= 4 is 5.91 Å². The second kappa shape index (κ2) is 9.01. The van der Waals surface area contributed by atoms with Gasteiger partial charge in [-0.25, -0.2) is 8.78 Å². The summed E-state index contributed by atoms with van der Waals surface area (Å²) in [5.41, 5.74) is 1.53. The van der Waals surface area contributed by atoms with Crippen molar-refractivity contribution in [3.63, 3.8) is 0 Å². The highest BCUT2D eigenvalue weighted by Gasteiger charge is 2.39. The van der Waals surface area contributed by atoms with Gasteiger partial charge >= 0.3 is 0 Å². The first-order valence-corrected chi connectivity index (χ1v) is 10.2. The summed E-state index contributed by atoms with van der Waals surface area (Å²) in [7, 11) is 0.